The molecule has 0 spiro atoms. The summed E-state index contributed by atoms with van der Waals surface area (Å²) in [4.78, 5) is 37.6. The standard InChI is InChI=1S/C25H27N5O3/c1-18-7-5-10-21(19(18)2)28-22-9-4-3-8-20(22)24(32)33-17-23(31)29-13-15-30(16-14-29)25-26-11-6-12-27-25/h3-12,28H,13-17H2,1-2H3. The van der Waals surface area contributed by atoms with Gasteiger partial charge in [0.2, 0.25) is 5.95 Å². The van der Waals surface area contributed by atoms with Crippen molar-refractivity contribution in [2.75, 3.05) is 43.0 Å². The van der Waals surface area contributed by atoms with Crippen molar-refractivity contribution >= 4 is 29.2 Å². The highest BCUT2D eigenvalue weighted by Gasteiger charge is 2.24. The van der Waals surface area contributed by atoms with Crippen molar-refractivity contribution in [3.05, 3.63) is 77.6 Å². The molecule has 1 aromatic heterocycles. The van der Waals surface area contributed by atoms with Crippen LogP contribution in [0.4, 0.5) is 17.3 Å². The minimum absolute atomic E-state index is 0.211. The third kappa shape index (κ3) is 5.28. The molecule has 3 aromatic rings. The molecule has 0 atom stereocenters. The van der Waals surface area contributed by atoms with Crippen LogP contribution in [0, 0.1) is 13.8 Å². The average Bonchev–Trinajstić information content (AvgIpc) is 2.86. The summed E-state index contributed by atoms with van der Waals surface area (Å²) in [7, 11) is 0. The molecular formula is C25H27N5O3. The lowest BCUT2D eigenvalue weighted by atomic mass is 10.1. The molecule has 2 aromatic carbocycles. The van der Waals surface area contributed by atoms with Crippen LogP contribution in [0.5, 0.6) is 0 Å². The lowest BCUT2D eigenvalue weighted by Crippen LogP contribution is -2.50. The molecule has 1 aliphatic rings. The summed E-state index contributed by atoms with van der Waals surface area (Å²) in [6.45, 7) is 6.09. The van der Waals surface area contributed by atoms with Crippen LogP contribution in [0.15, 0.2) is 60.9 Å². The predicted octanol–water partition coefficient (Wildman–Crippen LogP) is 3.34. The normalized spacial score (nSPS) is 13.5. The number of aryl methyl sites for hydroxylation is 1. The van der Waals surface area contributed by atoms with Crippen LogP contribution in [0.2, 0.25) is 0 Å². The van der Waals surface area contributed by atoms with Gasteiger partial charge in [0.1, 0.15) is 0 Å². The van der Waals surface area contributed by atoms with Gasteiger partial charge in [-0.1, -0.05) is 24.3 Å². The first kappa shape index (κ1) is 22.3. The van der Waals surface area contributed by atoms with Crippen LogP contribution in [-0.4, -0.2) is 59.5 Å². The Balaban J connectivity index is 1.34. The fourth-order valence-electron chi connectivity index (χ4n) is 3.71. The number of anilines is 3. The summed E-state index contributed by atoms with van der Waals surface area (Å²) >= 11 is 0. The molecular weight excluding hydrogens is 418 g/mol. The Morgan fingerprint density at radius 2 is 1.61 bits per heavy atom. The number of para-hydroxylation sites is 1. The zero-order chi connectivity index (χ0) is 23.2. The van der Waals surface area contributed by atoms with Crippen LogP contribution in [0.1, 0.15) is 21.5 Å². The Morgan fingerprint density at radius 3 is 2.36 bits per heavy atom. The first-order valence-corrected chi connectivity index (χ1v) is 10.9. The van der Waals surface area contributed by atoms with Crippen molar-refractivity contribution in [3.63, 3.8) is 0 Å². The van der Waals surface area contributed by atoms with Crippen LogP contribution in [0.3, 0.4) is 0 Å². The molecule has 1 amide bonds. The number of aromatic nitrogens is 2. The van der Waals surface area contributed by atoms with E-state index in [1.165, 1.54) is 0 Å². The Labute approximate surface area is 193 Å². The maximum atomic E-state index is 12.8. The number of carbonyl (C=O) groups is 2. The molecule has 0 radical (unpaired) electrons. The van der Waals surface area contributed by atoms with E-state index in [-0.39, 0.29) is 12.5 Å². The molecule has 170 valence electrons. The summed E-state index contributed by atoms with van der Waals surface area (Å²) in [5, 5.41) is 3.32. The maximum absolute atomic E-state index is 12.8. The number of piperazine rings is 1. The van der Waals surface area contributed by atoms with Gasteiger partial charge >= 0.3 is 5.97 Å². The monoisotopic (exact) mass is 445 g/mol. The van der Waals surface area contributed by atoms with Gasteiger partial charge in [-0.15, -0.1) is 0 Å². The van der Waals surface area contributed by atoms with Gasteiger partial charge in [0.25, 0.3) is 5.91 Å². The van der Waals surface area contributed by atoms with E-state index in [1.54, 1.807) is 35.5 Å². The van der Waals surface area contributed by atoms with Gasteiger partial charge in [-0.25, -0.2) is 14.8 Å². The van der Waals surface area contributed by atoms with Crippen LogP contribution < -0.4 is 10.2 Å². The number of ether oxygens (including phenoxy) is 1. The predicted molar refractivity (Wildman–Crippen MR) is 127 cm³/mol. The van der Waals surface area contributed by atoms with E-state index in [0.717, 1.165) is 16.8 Å². The molecule has 4 rings (SSSR count). The third-order valence-corrected chi connectivity index (χ3v) is 5.82. The van der Waals surface area contributed by atoms with Crippen molar-refractivity contribution in [3.8, 4) is 0 Å². The summed E-state index contributed by atoms with van der Waals surface area (Å²) in [6, 6.07) is 14.9. The van der Waals surface area contributed by atoms with E-state index in [9.17, 15) is 9.59 Å². The van der Waals surface area contributed by atoms with Gasteiger partial charge in [0.15, 0.2) is 6.61 Å². The van der Waals surface area contributed by atoms with Gasteiger partial charge < -0.3 is 19.9 Å². The summed E-state index contributed by atoms with van der Waals surface area (Å²) in [5.74, 6) is -0.0889. The fraction of sp³-hybridized carbons (Fsp3) is 0.280. The summed E-state index contributed by atoms with van der Waals surface area (Å²) in [5.41, 5.74) is 4.21. The second-order valence-electron chi connectivity index (χ2n) is 7.91. The number of hydrogen-bond acceptors (Lipinski definition) is 7. The highest BCUT2D eigenvalue weighted by Crippen LogP contribution is 2.25. The highest BCUT2D eigenvalue weighted by molar-refractivity contribution is 5.97. The number of rotatable bonds is 6. The van der Waals surface area contributed by atoms with Crippen molar-refractivity contribution in [1.82, 2.24) is 14.9 Å². The fourth-order valence-corrected chi connectivity index (χ4v) is 3.71. The van der Waals surface area contributed by atoms with E-state index in [2.05, 4.69) is 15.3 Å². The number of benzene rings is 2. The number of esters is 1. The van der Waals surface area contributed by atoms with Crippen LogP contribution >= 0.6 is 0 Å². The molecule has 1 aliphatic heterocycles. The molecule has 0 aliphatic carbocycles. The Hall–Kier alpha value is -3.94. The topological polar surface area (TPSA) is 87.7 Å². The summed E-state index contributed by atoms with van der Waals surface area (Å²) in [6.07, 6.45) is 3.40. The molecule has 8 heteroatoms. The van der Waals surface area contributed by atoms with Gasteiger partial charge in [-0.2, -0.15) is 0 Å². The Morgan fingerprint density at radius 1 is 0.909 bits per heavy atom. The SMILES string of the molecule is Cc1cccc(Nc2ccccc2C(=O)OCC(=O)N2CCN(c3ncccn3)CC2)c1C. The number of nitrogens with one attached hydrogen (secondary N) is 1. The van der Waals surface area contributed by atoms with Crippen molar-refractivity contribution in [2.24, 2.45) is 0 Å². The van der Waals surface area contributed by atoms with E-state index in [0.29, 0.717) is 43.4 Å². The molecule has 0 unspecified atom stereocenters. The first-order chi connectivity index (χ1) is 16.0. The zero-order valence-corrected chi connectivity index (χ0v) is 18.8. The third-order valence-electron chi connectivity index (χ3n) is 5.82. The van der Waals surface area contributed by atoms with Crippen LogP contribution in [0.25, 0.3) is 0 Å². The Kier molecular flexibility index (Phi) is 6.83. The van der Waals surface area contributed by atoms with E-state index in [4.69, 9.17) is 4.74 Å². The van der Waals surface area contributed by atoms with Gasteiger partial charge in [0, 0.05) is 44.3 Å². The molecule has 0 saturated carbocycles. The number of hydrogen-bond donors (Lipinski definition) is 1. The highest BCUT2D eigenvalue weighted by atomic mass is 16.5. The molecule has 2 heterocycles. The average molecular weight is 446 g/mol. The second-order valence-corrected chi connectivity index (χ2v) is 7.91. The van der Waals surface area contributed by atoms with Gasteiger partial charge in [-0.3, -0.25) is 4.79 Å². The summed E-state index contributed by atoms with van der Waals surface area (Å²) < 4.78 is 5.38. The van der Waals surface area contributed by atoms with Crippen molar-refractivity contribution < 1.29 is 14.3 Å². The van der Waals surface area contributed by atoms with Gasteiger partial charge in [0.05, 0.1) is 11.3 Å². The molecule has 1 fully saturated rings. The lowest BCUT2D eigenvalue weighted by molar-refractivity contribution is -0.134. The first-order valence-electron chi connectivity index (χ1n) is 10.9. The van der Waals surface area contributed by atoms with Crippen molar-refractivity contribution in [1.29, 1.82) is 0 Å². The number of nitrogens with zero attached hydrogens (tertiary/aromatic N) is 4. The Bertz CT molecular complexity index is 1130. The zero-order valence-electron chi connectivity index (χ0n) is 18.8. The smallest absolute Gasteiger partial charge is 0.340 e. The number of amides is 1. The van der Waals surface area contributed by atoms with Gasteiger partial charge in [-0.05, 0) is 49.2 Å². The molecule has 1 saturated heterocycles. The molecule has 1 N–H and O–H groups in total. The maximum Gasteiger partial charge on any atom is 0.340 e. The quantitative estimate of drug-likeness (QED) is 0.582. The lowest BCUT2D eigenvalue weighted by Gasteiger charge is -2.34. The van der Waals surface area contributed by atoms with Crippen LogP contribution in [-0.2, 0) is 9.53 Å². The van der Waals surface area contributed by atoms with E-state index in [1.807, 2.05) is 49.1 Å². The van der Waals surface area contributed by atoms with E-state index >= 15 is 0 Å². The molecule has 0 bridgehead atoms. The minimum atomic E-state index is -0.534. The van der Waals surface area contributed by atoms with Crippen molar-refractivity contribution in [2.45, 2.75) is 13.8 Å². The molecule has 33 heavy (non-hydrogen) atoms. The minimum Gasteiger partial charge on any atom is -0.452 e. The second kappa shape index (κ2) is 10.1. The largest absolute Gasteiger partial charge is 0.452 e. The molecule has 8 nitrogen and oxygen atoms in total. The number of carbonyl (C=O) groups excluding carboxylic acids is 2. The van der Waals surface area contributed by atoms with E-state index < -0.39 is 5.97 Å².